The van der Waals surface area contributed by atoms with Crippen LogP contribution < -0.4 is 5.32 Å². The Bertz CT molecular complexity index is 827. The number of hydrogen-bond acceptors (Lipinski definition) is 4. The third-order valence-corrected chi connectivity index (χ3v) is 4.62. The normalized spacial score (nSPS) is 14.9. The molecular formula is C17H21N7O. The minimum Gasteiger partial charge on any atom is -0.304 e. The van der Waals surface area contributed by atoms with Crippen LogP contribution in [0.25, 0.3) is 0 Å². The average Bonchev–Trinajstić information content (AvgIpc) is 3.40. The lowest BCUT2D eigenvalue weighted by atomic mass is 10.0. The van der Waals surface area contributed by atoms with E-state index in [1.807, 2.05) is 23.0 Å². The van der Waals surface area contributed by atoms with Crippen molar-refractivity contribution in [2.24, 2.45) is 0 Å². The summed E-state index contributed by atoms with van der Waals surface area (Å²) in [5, 5.41) is 18.5. The summed E-state index contributed by atoms with van der Waals surface area (Å²) in [6.07, 6.45) is 10.4. The summed E-state index contributed by atoms with van der Waals surface area (Å²) < 4.78 is 3.57. The number of nitrogens with one attached hydrogen (secondary N) is 2. The summed E-state index contributed by atoms with van der Waals surface area (Å²) in [5.74, 6) is 0.847. The van der Waals surface area contributed by atoms with Gasteiger partial charge in [-0.1, -0.05) is 12.8 Å². The molecule has 1 amide bonds. The lowest BCUT2D eigenvalue weighted by Gasteiger charge is -2.03. The summed E-state index contributed by atoms with van der Waals surface area (Å²) in [4.78, 5) is 12.3. The van der Waals surface area contributed by atoms with Crippen molar-refractivity contribution in [1.29, 1.82) is 0 Å². The Hall–Kier alpha value is -2.90. The number of anilines is 1. The van der Waals surface area contributed by atoms with E-state index in [9.17, 15) is 4.79 Å². The van der Waals surface area contributed by atoms with Crippen LogP contribution in [-0.4, -0.2) is 35.7 Å². The molecule has 0 bridgehead atoms. The van der Waals surface area contributed by atoms with E-state index in [0.717, 1.165) is 5.69 Å². The van der Waals surface area contributed by atoms with Gasteiger partial charge in [-0.15, -0.1) is 0 Å². The van der Waals surface area contributed by atoms with Gasteiger partial charge in [0.2, 0.25) is 0 Å². The molecule has 4 rings (SSSR count). The van der Waals surface area contributed by atoms with E-state index in [1.165, 1.54) is 25.7 Å². The second kappa shape index (κ2) is 6.92. The molecule has 25 heavy (non-hydrogen) atoms. The van der Waals surface area contributed by atoms with E-state index in [-0.39, 0.29) is 5.91 Å². The van der Waals surface area contributed by atoms with Crippen LogP contribution in [0.15, 0.2) is 36.8 Å². The number of aromatic nitrogens is 6. The minimum absolute atomic E-state index is 0.248. The maximum atomic E-state index is 12.3. The SMILES string of the molecule is O=C(Nc1cc(C2CCCC2)[nH]n1)c1ccn(CCn2cccn2)n1. The number of amides is 1. The summed E-state index contributed by atoms with van der Waals surface area (Å²) in [7, 11) is 0. The van der Waals surface area contributed by atoms with Crippen LogP contribution >= 0.6 is 0 Å². The molecule has 130 valence electrons. The Balaban J connectivity index is 1.35. The molecule has 1 fully saturated rings. The first kappa shape index (κ1) is 15.6. The first-order valence-electron chi connectivity index (χ1n) is 8.65. The van der Waals surface area contributed by atoms with Crippen molar-refractivity contribution in [3.8, 4) is 0 Å². The van der Waals surface area contributed by atoms with Gasteiger partial charge in [0.1, 0.15) is 0 Å². The number of rotatable bonds is 6. The Kier molecular flexibility index (Phi) is 4.32. The predicted octanol–water partition coefficient (Wildman–Crippen LogP) is 2.41. The number of carbonyl (C=O) groups is 1. The second-order valence-corrected chi connectivity index (χ2v) is 6.38. The molecule has 0 aliphatic heterocycles. The topological polar surface area (TPSA) is 93.4 Å². The molecule has 0 radical (unpaired) electrons. The molecule has 0 saturated heterocycles. The summed E-state index contributed by atoms with van der Waals surface area (Å²) in [5.41, 5.74) is 1.49. The molecule has 1 aliphatic carbocycles. The monoisotopic (exact) mass is 339 g/mol. The largest absolute Gasteiger partial charge is 0.304 e. The van der Waals surface area contributed by atoms with Gasteiger partial charge in [0, 0.05) is 36.3 Å². The van der Waals surface area contributed by atoms with E-state index in [0.29, 0.717) is 30.5 Å². The molecule has 3 aromatic rings. The second-order valence-electron chi connectivity index (χ2n) is 6.38. The van der Waals surface area contributed by atoms with E-state index >= 15 is 0 Å². The van der Waals surface area contributed by atoms with Crippen molar-refractivity contribution in [1.82, 2.24) is 29.8 Å². The zero-order valence-electron chi connectivity index (χ0n) is 13.9. The number of hydrogen-bond donors (Lipinski definition) is 2. The predicted molar refractivity (Wildman–Crippen MR) is 92.2 cm³/mol. The highest BCUT2D eigenvalue weighted by atomic mass is 16.2. The van der Waals surface area contributed by atoms with Gasteiger partial charge < -0.3 is 5.32 Å². The molecule has 0 aromatic carbocycles. The lowest BCUT2D eigenvalue weighted by Crippen LogP contribution is -2.14. The zero-order valence-corrected chi connectivity index (χ0v) is 13.9. The molecule has 0 spiro atoms. The van der Waals surface area contributed by atoms with Gasteiger partial charge in [-0.05, 0) is 25.0 Å². The molecule has 8 nitrogen and oxygen atoms in total. The summed E-state index contributed by atoms with van der Waals surface area (Å²) >= 11 is 0. The van der Waals surface area contributed by atoms with Crippen LogP contribution in [0.1, 0.15) is 47.8 Å². The van der Waals surface area contributed by atoms with Crippen molar-refractivity contribution in [2.75, 3.05) is 5.32 Å². The summed E-state index contributed by atoms with van der Waals surface area (Å²) in [6, 6.07) is 5.53. The van der Waals surface area contributed by atoms with E-state index < -0.39 is 0 Å². The standard InChI is InChI=1S/C17H21N7O/c25-17(19-16-12-15(20-21-16)13-4-1-2-5-13)14-6-9-24(22-14)11-10-23-8-3-7-18-23/h3,6-9,12-13H,1-2,4-5,10-11H2,(H2,19,20,21,25). The molecule has 3 aromatic heterocycles. The van der Waals surface area contributed by atoms with Gasteiger partial charge in [0.15, 0.2) is 11.5 Å². The lowest BCUT2D eigenvalue weighted by molar-refractivity contribution is 0.102. The maximum absolute atomic E-state index is 12.3. The fourth-order valence-electron chi connectivity index (χ4n) is 3.27. The van der Waals surface area contributed by atoms with Crippen molar-refractivity contribution in [2.45, 2.75) is 44.7 Å². The molecule has 1 saturated carbocycles. The maximum Gasteiger partial charge on any atom is 0.277 e. The van der Waals surface area contributed by atoms with E-state index in [4.69, 9.17) is 0 Å². The Morgan fingerprint density at radius 3 is 2.88 bits per heavy atom. The third-order valence-electron chi connectivity index (χ3n) is 4.62. The van der Waals surface area contributed by atoms with Crippen LogP contribution in [0, 0.1) is 0 Å². The zero-order chi connectivity index (χ0) is 17.1. The molecule has 8 heteroatoms. The Morgan fingerprint density at radius 2 is 2.08 bits per heavy atom. The highest BCUT2D eigenvalue weighted by molar-refractivity contribution is 6.02. The average molecular weight is 339 g/mol. The first-order valence-corrected chi connectivity index (χ1v) is 8.65. The van der Waals surface area contributed by atoms with Crippen molar-refractivity contribution in [3.63, 3.8) is 0 Å². The number of nitrogens with zero attached hydrogens (tertiary/aromatic N) is 5. The molecule has 0 atom stereocenters. The van der Waals surface area contributed by atoms with Crippen LogP contribution in [-0.2, 0) is 13.1 Å². The fraction of sp³-hybridized carbons (Fsp3) is 0.412. The van der Waals surface area contributed by atoms with Gasteiger partial charge in [0.05, 0.1) is 13.1 Å². The number of aromatic amines is 1. The van der Waals surface area contributed by atoms with Gasteiger partial charge >= 0.3 is 0 Å². The van der Waals surface area contributed by atoms with Crippen LogP contribution in [0.2, 0.25) is 0 Å². The van der Waals surface area contributed by atoms with Crippen LogP contribution in [0.4, 0.5) is 5.82 Å². The summed E-state index contributed by atoms with van der Waals surface area (Å²) in [6.45, 7) is 1.36. The van der Waals surface area contributed by atoms with Crippen molar-refractivity contribution >= 4 is 11.7 Å². The Morgan fingerprint density at radius 1 is 1.24 bits per heavy atom. The first-order chi connectivity index (χ1) is 12.3. The molecule has 0 unspecified atom stereocenters. The van der Waals surface area contributed by atoms with Crippen molar-refractivity contribution < 1.29 is 4.79 Å². The molecule has 3 heterocycles. The highest BCUT2D eigenvalue weighted by Gasteiger charge is 2.20. The van der Waals surface area contributed by atoms with E-state index in [1.54, 1.807) is 23.1 Å². The Labute approximate surface area is 145 Å². The van der Waals surface area contributed by atoms with Gasteiger partial charge in [-0.3, -0.25) is 19.3 Å². The third kappa shape index (κ3) is 3.62. The van der Waals surface area contributed by atoms with Crippen molar-refractivity contribution in [3.05, 3.63) is 48.2 Å². The number of H-pyrrole nitrogens is 1. The van der Waals surface area contributed by atoms with E-state index in [2.05, 4.69) is 25.7 Å². The van der Waals surface area contributed by atoms with Crippen LogP contribution in [0.5, 0.6) is 0 Å². The van der Waals surface area contributed by atoms with Crippen LogP contribution in [0.3, 0.4) is 0 Å². The number of aryl methyl sites for hydroxylation is 2. The van der Waals surface area contributed by atoms with Gasteiger partial charge in [-0.25, -0.2) is 0 Å². The minimum atomic E-state index is -0.248. The molecule has 1 aliphatic rings. The fourth-order valence-corrected chi connectivity index (χ4v) is 3.27. The van der Waals surface area contributed by atoms with Gasteiger partial charge in [0.25, 0.3) is 5.91 Å². The quantitative estimate of drug-likeness (QED) is 0.721. The van der Waals surface area contributed by atoms with Gasteiger partial charge in [-0.2, -0.15) is 15.3 Å². The molecule has 2 N–H and O–H groups in total. The smallest absolute Gasteiger partial charge is 0.277 e. The highest BCUT2D eigenvalue weighted by Crippen LogP contribution is 2.33. The number of carbonyl (C=O) groups excluding carboxylic acids is 1. The molecular weight excluding hydrogens is 318 g/mol.